The molecule has 0 aliphatic rings. The van der Waals surface area contributed by atoms with E-state index in [0.717, 1.165) is 21.8 Å². The molecule has 0 radical (unpaired) electrons. The number of hydrogen-bond donors (Lipinski definition) is 1. The second-order valence-corrected chi connectivity index (χ2v) is 9.35. The van der Waals surface area contributed by atoms with Crippen molar-refractivity contribution in [1.29, 1.82) is 0 Å². The molecule has 0 aliphatic heterocycles. The van der Waals surface area contributed by atoms with Crippen molar-refractivity contribution in [3.05, 3.63) is 58.8 Å². The molecule has 2 aromatic rings. The lowest BCUT2D eigenvalue weighted by molar-refractivity contribution is 0.465. The van der Waals surface area contributed by atoms with E-state index in [9.17, 15) is 5.11 Å². The lowest BCUT2D eigenvalue weighted by atomic mass is 9.73. The molecular weight excluding hydrogens is 552 g/mol. The Morgan fingerprint density at radius 2 is 1.26 bits per heavy atom. The summed E-state index contributed by atoms with van der Waals surface area (Å²) < 4.78 is 3.60. The molecule has 0 saturated carbocycles. The zero-order chi connectivity index (χ0) is 17.4. The molecule has 1 unspecified atom stereocenters. The molecule has 0 aliphatic carbocycles. The summed E-state index contributed by atoms with van der Waals surface area (Å²) in [5.74, 6) is 0.235. The smallest absolute Gasteiger partial charge is 0.143 e. The Balaban J connectivity index is 2.69. The highest BCUT2D eigenvalue weighted by molar-refractivity contribution is 9.11. The Bertz CT molecular complexity index is 636. The monoisotopic (exact) mass is 566 g/mol. The van der Waals surface area contributed by atoms with Crippen molar-refractivity contribution in [2.24, 2.45) is 0 Å². The Morgan fingerprint density at radius 3 is 1.65 bits per heavy atom. The van der Waals surface area contributed by atoms with Gasteiger partial charge in [0.05, 0.1) is 8.95 Å². The van der Waals surface area contributed by atoms with Gasteiger partial charge in [-0.25, -0.2) is 0 Å². The van der Waals surface area contributed by atoms with Crippen LogP contribution in [0, 0.1) is 6.92 Å². The van der Waals surface area contributed by atoms with E-state index in [4.69, 9.17) is 0 Å². The minimum absolute atomic E-state index is 0.147. The summed E-state index contributed by atoms with van der Waals surface area (Å²) in [5.41, 5.74) is 3.46. The lowest BCUT2D eigenvalue weighted by Gasteiger charge is -2.32. The molecule has 0 aromatic heterocycles. The number of benzene rings is 2. The van der Waals surface area contributed by atoms with Crippen LogP contribution in [0.1, 0.15) is 43.4 Å². The average molecular weight is 570 g/mol. The van der Waals surface area contributed by atoms with E-state index in [1.165, 1.54) is 16.7 Å². The van der Waals surface area contributed by atoms with Crippen molar-refractivity contribution < 1.29 is 5.11 Å². The first-order valence-electron chi connectivity index (χ1n) is 7.35. The third-order valence-electron chi connectivity index (χ3n) is 4.32. The highest BCUT2D eigenvalue weighted by atomic mass is 79.9. The third-order valence-corrected chi connectivity index (χ3v) is 7.18. The molecule has 0 spiro atoms. The molecule has 1 nitrogen and oxygen atoms in total. The molecule has 2 aromatic carbocycles. The zero-order valence-corrected chi connectivity index (χ0v) is 19.5. The second kappa shape index (κ2) is 7.59. The van der Waals surface area contributed by atoms with Crippen LogP contribution in [0.5, 0.6) is 5.75 Å². The predicted molar refractivity (Wildman–Crippen MR) is 111 cm³/mol. The van der Waals surface area contributed by atoms with Gasteiger partial charge in [-0.3, -0.25) is 0 Å². The van der Waals surface area contributed by atoms with Gasteiger partial charge in [0.2, 0.25) is 0 Å². The summed E-state index contributed by atoms with van der Waals surface area (Å²) in [6, 6.07) is 8.42. The zero-order valence-electron chi connectivity index (χ0n) is 13.2. The highest BCUT2D eigenvalue weighted by Crippen LogP contribution is 2.44. The first kappa shape index (κ1) is 19.5. The minimum atomic E-state index is -0.147. The molecule has 0 bridgehead atoms. The number of aromatic hydroxyl groups is 1. The van der Waals surface area contributed by atoms with E-state index < -0.39 is 0 Å². The van der Waals surface area contributed by atoms with Crippen LogP contribution < -0.4 is 0 Å². The van der Waals surface area contributed by atoms with Gasteiger partial charge in [-0.15, -0.1) is 0 Å². The quantitative estimate of drug-likeness (QED) is 0.397. The number of rotatable bonds is 4. The van der Waals surface area contributed by atoms with Crippen LogP contribution in [0.15, 0.2) is 42.2 Å². The van der Waals surface area contributed by atoms with Crippen molar-refractivity contribution >= 4 is 63.7 Å². The van der Waals surface area contributed by atoms with Gasteiger partial charge >= 0.3 is 0 Å². The molecule has 0 saturated heterocycles. The average Bonchev–Trinajstić information content (AvgIpc) is 2.49. The van der Waals surface area contributed by atoms with E-state index >= 15 is 0 Å². The summed E-state index contributed by atoms with van der Waals surface area (Å²) in [6.07, 6.45) is 2.08. The fourth-order valence-electron chi connectivity index (χ4n) is 2.80. The third kappa shape index (κ3) is 3.88. The molecule has 0 amide bonds. The van der Waals surface area contributed by atoms with Crippen LogP contribution in [0.2, 0.25) is 0 Å². The van der Waals surface area contributed by atoms with E-state index in [0.29, 0.717) is 8.95 Å². The van der Waals surface area contributed by atoms with Crippen molar-refractivity contribution in [1.82, 2.24) is 0 Å². The molecule has 23 heavy (non-hydrogen) atoms. The Hall–Kier alpha value is 0.160. The fraction of sp³-hybridized carbons (Fsp3) is 0.333. The van der Waals surface area contributed by atoms with Crippen molar-refractivity contribution in [3.63, 3.8) is 0 Å². The van der Waals surface area contributed by atoms with E-state index in [2.05, 4.69) is 96.6 Å². The van der Waals surface area contributed by atoms with E-state index in [1.807, 2.05) is 12.1 Å². The fourth-order valence-corrected chi connectivity index (χ4v) is 5.18. The summed E-state index contributed by atoms with van der Waals surface area (Å²) >= 11 is 14.2. The number of phenols is 1. The van der Waals surface area contributed by atoms with Crippen molar-refractivity contribution in [2.75, 3.05) is 0 Å². The van der Waals surface area contributed by atoms with Crippen LogP contribution in [-0.2, 0) is 5.41 Å². The molecular formula is C18H18Br4O. The van der Waals surface area contributed by atoms with Gasteiger partial charge in [-0.2, -0.15) is 0 Å². The number of hydrogen-bond acceptors (Lipinski definition) is 1. The summed E-state index contributed by atoms with van der Waals surface area (Å²) in [7, 11) is 0. The van der Waals surface area contributed by atoms with E-state index in [-0.39, 0.29) is 11.2 Å². The van der Waals surface area contributed by atoms with Crippen LogP contribution >= 0.6 is 63.7 Å². The maximum absolute atomic E-state index is 10.0. The molecule has 0 fully saturated rings. The number of phenolic OH excluding ortho intramolecular Hbond substituents is 1. The summed E-state index contributed by atoms with van der Waals surface area (Å²) in [4.78, 5) is 0. The Morgan fingerprint density at radius 1 is 0.870 bits per heavy atom. The van der Waals surface area contributed by atoms with Crippen LogP contribution in [-0.4, -0.2) is 5.11 Å². The van der Waals surface area contributed by atoms with Crippen LogP contribution in [0.3, 0.4) is 0 Å². The minimum Gasteiger partial charge on any atom is -0.506 e. The summed E-state index contributed by atoms with van der Waals surface area (Å²) in [6.45, 7) is 6.54. The lowest BCUT2D eigenvalue weighted by Crippen LogP contribution is -2.24. The molecule has 1 N–H and O–H groups in total. The predicted octanol–water partition coefficient (Wildman–Crippen LogP) is 7.86. The highest BCUT2D eigenvalue weighted by Gasteiger charge is 2.30. The number of halogens is 4. The van der Waals surface area contributed by atoms with Crippen LogP contribution in [0.25, 0.3) is 0 Å². The van der Waals surface area contributed by atoms with Crippen LogP contribution in [0.4, 0.5) is 0 Å². The molecule has 1 atom stereocenters. The molecule has 2 rings (SSSR count). The summed E-state index contributed by atoms with van der Waals surface area (Å²) in [5, 5.41) is 10.0. The molecule has 5 heteroatoms. The van der Waals surface area contributed by atoms with Gasteiger partial charge in [0.15, 0.2) is 0 Å². The molecule has 0 heterocycles. The first-order valence-corrected chi connectivity index (χ1v) is 10.5. The maximum atomic E-state index is 10.0. The Kier molecular flexibility index (Phi) is 6.43. The van der Waals surface area contributed by atoms with Crippen molar-refractivity contribution in [3.8, 4) is 5.75 Å². The molecule has 124 valence electrons. The van der Waals surface area contributed by atoms with Crippen molar-refractivity contribution in [2.45, 2.75) is 39.0 Å². The first-order chi connectivity index (χ1) is 10.7. The van der Waals surface area contributed by atoms with Gasteiger partial charge in [0.1, 0.15) is 5.75 Å². The van der Waals surface area contributed by atoms with Gasteiger partial charge in [-0.05, 0) is 86.2 Å². The van der Waals surface area contributed by atoms with Gasteiger partial charge in [0.25, 0.3) is 0 Å². The Labute approximate surface area is 171 Å². The van der Waals surface area contributed by atoms with Gasteiger partial charge in [-0.1, -0.05) is 52.1 Å². The second-order valence-electron chi connectivity index (χ2n) is 5.94. The van der Waals surface area contributed by atoms with Gasteiger partial charge < -0.3 is 5.11 Å². The topological polar surface area (TPSA) is 20.2 Å². The SMILES string of the molecule is CCCC(C)(c1cc(Br)c(C)c(Br)c1)c1cc(Br)c(O)c(Br)c1. The standard InChI is InChI=1S/C18H18Br4O/c1-4-5-18(3,11-6-13(19)10(2)14(20)7-11)12-8-15(21)17(23)16(22)9-12/h6-9,23H,4-5H2,1-3H3. The largest absolute Gasteiger partial charge is 0.506 e. The maximum Gasteiger partial charge on any atom is 0.143 e. The van der Waals surface area contributed by atoms with E-state index in [1.54, 1.807) is 0 Å². The normalized spacial score (nSPS) is 13.9. The van der Waals surface area contributed by atoms with Gasteiger partial charge in [0, 0.05) is 14.4 Å².